The molecule has 44 nitrogen and oxygen atoms in total. The Morgan fingerprint density at radius 3 is 1.14 bits per heavy atom. The first-order chi connectivity index (χ1) is 66.0. The lowest BCUT2D eigenvalue weighted by atomic mass is 9.71. The van der Waals surface area contributed by atoms with Gasteiger partial charge < -0.3 is 160 Å². The topological polar surface area (TPSA) is 618 Å². The van der Waals surface area contributed by atoms with Crippen LogP contribution in [-0.2, 0) is 105 Å². The summed E-state index contributed by atoms with van der Waals surface area (Å²) in [5.74, 6) is -0.550. The van der Waals surface area contributed by atoms with E-state index in [1.54, 1.807) is 35.8 Å². The van der Waals surface area contributed by atoms with E-state index in [1.807, 2.05) is 4.90 Å². The van der Waals surface area contributed by atoms with Crippen LogP contribution in [-0.4, -0.2) is 390 Å². The molecule has 4 aliphatic rings. The van der Waals surface area contributed by atoms with E-state index in [-0.39, 0.29) is 152 Å². The molecule has 792 valence electrons. The second kappa shape index (κ2) is 74.3. The molecule has 4 aliphatic heterocycles. The number of carbonyl (C=O) groups is 12. The van der Waals surface area contributed by atoms with Crippen LogP contribution >= 0.6 is 21.6 Å². The fourth-order valence-electron chi connectivity index (χ4n) is 16.2. The third kappa shape index (κ3) is 53.3. The number of likely N-dealkylation sites (tertiary alicyclic amines) is 1. The van der Waals surface area contributed by atoms with Gasteiger partial charge in [0, 0.05) is 144 Å². The molecule has 0 aromatic heterocycles. The number of aliphatic hydroxyl groups excluding tert-OH is 9. The van der Waals surface area contributed by atoms with Gasteiger partial charge in [-0.05, 0) is 121 Å². The molecule has 0 aromatic carbocycles. The van der Waals surface area contributed by atoms with Crippen LogP contribution < -0.4 is 47.9 Å². The van der Waals surface area contributed by atoms with Crippen LogP contribution in [0.15, 0.2) is 0 Å². The molecule has 4 saturated heterocycles. The third-order valence-electron chi connectivity index (χ3n) is 23.6. The summed E-state index contributed by atoms with van der Waals surface area (Å²) in [5, 5.41) is 116. The van der Waals surface area contributed by atoms with Gasteiger partial charge >= 0.3 is 18.3 Å². The highest BCUT2D eigenvalue weighted by molar-refractivity contribution is 8.76. The molecule has 18 N–H and O–H groups in total. The molecule has 10 amide bonds. The molecule has 4 rings (SSSR count). The quantitative estimate of drug-likeness (QED) is 0.0234. The Labute approximate surface area is 812 Å². The summed E-state index contributed by atoms with van der Waals surface area (Å²) in [5.41, 5.74) is -0.755. The van der Waals surface area contributed by atoms with Gasteiger partial charge in [-0.1, -0.05) is 66.5 Å². The van der Waals surface area contributed by atoms with Gasteiger partial charge in [-0.2, -0.15) is 0 Å². The maximum absolute atomic E-state index is 14.2. The lowest BCUT2D eigenvalue weighted by Gasteiger charge is -2.42. The predicted octanol–water partition coefficient (Wildman–Crippen LogP) is 1.68. The average molecular weight is 2000 g/mol. The van der Waals surface area contributed by atoms with E-state index in [1.165, 1.54) is 20.8 Å². The molecular formula is C91H162N10O34S2. The van der Waals surface area contributed by atoms with Crippen molar-refractivity contribution in [1.29, 1.82) is 0 Å². The van der Waals surface area contributed by atoms with Crippen molar-refractivity contribution in [3.63, 3.8) is 0 Å². The zero-order valence-corrected chi connectivity index (χ0v) is 82.5. The Hall–Kier alpha value is -6.62. The Morgan fingerprint density at radius 2 is 0.737 bits per heavy atom. The predicted molar refractivity (Wildman–Crippen MR) is 501 cm³/mol. The van der Waals surface area contributed by atoms with E-state index in [0.717, 1.165) is 57.1 Å². The number of hydrogen-bond donors (Lipinski definition) is 18. The summed E-state index contributed by atoms with van der Waals surface area (Å²) in [6.45, 7) is 6.32. The monoisotopic (exact) mass is 2000 g/mol. The number of hydrogen-bond acceptors (Lipinski definition) is 36. The zero-order chi connectivity index (χ0) is 100. The highest BCUT2D eigenvalue weighted by atomic mass is 33.1. The molecule has 17 atom stereocenters. The van der Waals surface area contributed by atoms with Crippen molar-refractivity contribution in [3.05, 3.63) is 0 Å². The summed E-state index contributed by atoms with van der Waals surface area (Å²) in [6.07, 6.45) is -1.63. The minimum absolute atomic E-state index is 0.00125. The summed E-state index contributed by atoms with van der Waals surface area (Å²) < 4.78 is 73.3. The van der Waals surface area contributed by atoms with Crippen LogP contribution in [0.4, 0.5) is 14.4 Å². The van der Waals surface area contributed by atoms with Crippen molar-refractivity contribution in [2.24, 2.45) is 5.41 Å². The smallest absolute Gasteiger partial charge is 0.407 e. The maximum Gasteiger partial charge on any atom is 0.407 e. The van der Waals surface area contributed by atoms with Gasteiger partial charge in [0.05, 0.1) is 105 Å². The number of Topliss-reactive ketones (excluding diaryl/α,β-unsaturated/α-hetero) is 2. The first-order valence-corrected chi connectivity index (χ1v) is 51.3. The van der Waals surface area contributed by atoms with Gasteiger partial charge in [0.2, 0.25) is 41.4 Å². The fraction of sp³-hybridized carbons (Fsp3) is 0.868. The molecule has 4 heterocycles. The Morgan fingerprint density at radius 1 is 0.372 bits per heavy atom. The fourth-order valence-corrected chi connectivity index (χ4v) is 18.2. The Kier molecular flexibility index (Phi) is 66.6. The van der Waals surface area contributed by atoms with Gasteiger partial charge in [0.1, 0.15) is 84.6 Å². The third-order valence-corrected chi connectivity index (χ3v) is 26.1. The number of alkyl carbamates (subject to hydrolysis) is 3. The number of nitrogens with one attached hydrogen (secondary N) is 9. The van der Waals surface area contributed by atoms with Crippen molar-refractivity contribution < 1.29 is 165 Å². The maximum atomic E-state index is 14.2. The van der Waals surface area contributed by atoms with E-state index in [0.29, 0.717) is 180 Å². The number of carbonyl (C=O) groups excluding carboxylic acids is 12. The van der Waals surface area contributed by atoms with E-state index in [9.17, 15) is 103 Å². The molecule has 4 fully saturated rings. The first-order valence-electron chi connectivity index (χ1n) is 48.8. The first kappa shape index (κ1) is 123. The highest BCUT2D eigenvalue weighted by Crippen LogP contribution is 2.40. The number of ether oxygens (including phenoxy) is 13. The minimum Gasteiger partial charge on any atom is -0.450 e. The van der Waals surface area contributed by atoms with E-state index in [2.05, 4.69) is 47.9 Å². The van der Waals surface area contributed by atoms with Crippen molar-refractivity contribution in [1.82, 2.24) is 52.8 Å². The Balaban J connectivity index is 1.27. The van der Waals surface area contributed by atoms with Crippen LogP contribution in [0.2, 0.25) is 0 Å². The van der Waals surface area contributed by atoms with Crippen LogP contribution in [0.1, 0.15) is 233 Å². The number of rotatable bonds is 78. The molecule has 0 aliphatic carbocycles. The van der Waals surface area contributed by atoms with E-state index < -0.39 is 153 Å². The van der Waals surface area contributed by atoms with Crippen molar-refractivity contribution >= 4 is 92.8 Å². The molecule has 46 heteroatoms. The number of unbranched alkanes of at least 4 members (excludes halogenated alkanes) is 10. The molecule has 0 saturated carbocycles. The molecule has 0 spiro atoms. The lowest BCUT2D eigenvalue weighted by Crippen LogP contribution is -2.64. The number of aliphatic hydroxyl groups is 9. The van der Waals surface area contributed by atoms with Crippen molar-refractivity contribution in [3.8, 4) is 0 Å². The number of methoxy groups -OCH3 is 2. The van der Waals surface area contributed by atoms with Gasteiger partial charge in [-0.3, -0.25) is 43.2 Å². The van der Waals surface area contributed by atoms with Gasteiger partial charge in [0.15, 0.2) is 18.9 Å². The van der Waals surface area contributed by atoms with Crippen molar-refractivity contribution in [2.45, 2.75) is 337 Å². The number of amides is 10. The molecule has 0 aromatic rings. The second-order valence-corrected chi connectivity index (χ2v) is 37.6. The highest BCUT2D eigenvalue weighted by Gasteiger charge is 2.49. The molecule has 0 bridgehead atoms. The van der Waals surface area contributed by atoms with Crippen LogP contribution in [0.5, 0.6) is 0 Å². The summed E-state index contributed by atoms with van der Waals surface area (Å²) in [6, 6.07) is -3.30. The average Bonchev–Trinajstić information content (AvgIpc) is 1.36. The standard InChI is InChI=1S/C91H162N10O34S2/c1-62(105)98-76-82(117)79(114)69(58-102)133-85(76)127-43-20-28-66(108)27-13-7-6-8-16-39-95-88(120)130-46-24-34-91(35-25-47-131-89(121)96-40-17-11-9-14-37-92-72(110)29-21-44-128-86-77(99-63(2)106)83(118)80(115)70(59-103)134-86,36-26-48-132-90(122)97-41-18-12-10-15-38-93-73(111)30-22-45-129-87-78(100-64(3)107)84(119)81(116)71(60-104)135-87)56-67(109)33-49-125-50-51-126-52-54-137-136-53-23-31-74(112)94-42-19-32-75(113)101-57-68(124-5)55-65(101)61-123-4/h65,68-71,76-87,102-104,114-119H,6-61H2,1-5H3,(H,92,110)(H,93,111)(H,94,112)(H,95,120)(H,96,121)(H,97,122)(H,98,105)(H,99,106)(H,100,107)/t65-,68+,69?,70?,71?,76?,77?,78?,79?,80?,81?,82?,83?,84?,85?,86?,87?,91?/m1/s1. The van der Waals surface area contributed by atoms with Gasteiger partial charge in [-0.15, -0.1) is 0 Å². The van der Waals surface area contributed by atoms with E-state index in [4.69, 9.17) is 61.6 Å². The van der Waals surface area contributed by atoms with Crippen LogP contribution in [0.3, 0.4) is 0 Å². The summed E-state index contributed by atoms with van der Waals surface area (Å²) in [7, 11) is 6.53. The summed E-state index contributed by atoms with van der Waals surface area (Å²) in [4.78, 5) is 154. The SMILES string of the molecule is COC[C@H]1C[C@H](OC)CN1C(=O)CCCNC(=O)CCCSSCCOCCOCCC(=O)CC(CCCOC(=O)NCCCCCCCC(=O)CCCOC1OC(CO)C(O)C(O)C1NC(C)=O)(CCCOC(=O)NCCCCCCNC(=O)CCCOC1OC(CO)C(O)C(O)C1NC(C)=O)CCCOC(=O)NCCCCCCNC(=O)CCCOC1OC(CO)C(O)C(O)C1NC(C)=O. The second-order valence-electron chi connectivity index (χ2n) is 34.9. The van der Waals surface area contributed by atoms with Crippen molar-refractivity contribution in [2.75, 3.05) is 164 Å². The normalized spacial score (nSPS) is 23.5. The minimum atomic E-state index is -1.46. The molecule has 137 heavy (non-hydrogen) atoms. The van der Waals surface area contributed by atoms with Crippen LogP contribution in [0.25, 0.3) is 0 Å². The summed E-state index contributed by atoms with van der Waals surface area (Å²) >= 11 is 0. The Bertz CT molecular complexity index is 3140. The van der Waals surface area contributed by atoms with Crippen LogP contribution in [0, 0.1) is 5.41 Å². The number of nitrogens with zero attached hydrogens (tertiary/aromatic N) is 1. The number of ketones is 2. The lowest BCUT2D eigenvalue weighted by molar-refractivity contribution is -0.270. The molecule has 15 unspecified atom stereocenters. The zero-order valence-electron chi connectivity index (χ0n) is 80.9. The van der Waals surface area contributed by atoms with Gasteiger partial charge in [-0.25, -0.2) is 14.4 Å². The molecule has 0 radical (unpaired) electrons. The largest absolute Gasteiger partial charge is 0.450 e. The van der Waals surface area contributed by atoms with E-state index >= 15 is 0 Å². The molecular weight excluding hydrogens is 1840 g/mol. The van der Waals surface area contributed by atoms with Gasteiger partial charge in [0.25, 0.3) is 0 Å².